The van der Waals surface area contributed by atoms with E-state index < -0.39 is 0 Å². The van der Waals surface area contributed by atoms with Crippen molar-refractivity contribution in [2.75, 3.05) is 14.1 Å². The number of benzene rings is 1. The fraction of sp³-hybridized carbons (Fsp3) is 0.167. The molecule has 0 atom stereocenters. The minimum absolute atomic E-state index is 0.145. The van der Waals surface area contributed by atoms with E-state index in [9.17, 15) is 4.79 Å². The SMILES string of the molecule is CN1C(=O)C(=Cc2ccc(Cl)cc2Cl)N(C)C1=S. The summed E-state index contributed by atoms with van der Waals surface area (Å²) < 4.78 is 0. The summed E-state index contributed by atoms with van der Waals surface area (Å²) in [6, 6.07) is 5.12. The molecule has 0 bridgehead atoms. The number of nitrogens with zero attached hydrogens (tertiary/aromatic N) is 2. The van der Waals surface area contributed by atoms with E-state index in [4.69, 9.17) is 35.4 Å². The summed E-state index contributed by atoms with van der Waals surface area (Å²) in [4.78, 5) is 15.0. The van der Waals surface area contributed by atoms with Crippen LogP contribution < -0.4 is 0 Å². The molecule has 6 heteroatoms. The highest BCUT2D eigenvalue weighted by molar-refractivity contribution is 7.80. The Balaban J connectivity index is 2.45. The van der Waals surface area contributed by atoms with E-state index >= 15 is 0 Å². The van der Waals surface area contributed by atoms with Gasteiger partial charge in [0.1, 0.15) is 5.70 Å². The van der Waals surface area contributed by atoms with Crippen LogP contribution in [-0.2, 0) is 4.79 Å². The predicted octanol–water partition coefficient (Wildman–Crippen LogP) is 3.02. The highest BCUT2D eigenvalue weighted by Crippen LogP contribution is 2.26. The number of hydrogen-bond donors (Lipinski definition) is 0. The molecule has 1 aliphatic rings. The molecule has 0 spiro atoms. The molecule has 1 aromatic carbocycles. The monoisotopic (exact) mass is 300 g/mol. The van der Waals surface area contributed by atoms with Gasteiger partial charge in [-0.05, 0) is 36.0 Å². The maximum atomic E-state index is 12.0. The second-order valence-electron chi connectivity index (χ2n) is 3.90. The highest BCUT2D eigenvalue weighted by atomic mass is 35.5. The normalized spacial score (nSPS) is 18.1. The molecule has 0 aromatic heterocycles. The Morgan fingerprint density at radius 3 is 2.39 bits per heavy atom. The van der Waals surface area contributed by atoms with E-state index in [1.807, 2.05) is 0 Å². The van der Waals surface area contributed by atoms with Crippen LogP contribution in [0.5, 0.6) is 0 Å². The molecule has 94 valence electrons. The summed E-state index contributed by atoms with van der Waals surface area (Å²) in [7, 11) is 3.39. The minimum atomic E-state index is -0.145. The van der Waals surface area contributed by atoms with Crippen LogP contribution in [0.3, 0.4) is 0 Å². The molecule has 0 unspecified atom stereocenters. The first kappa shape index (κ1) is 13.3. The molecule has 1 saturated heterocycles. The van der Waals surface area contributed by atoms with Crippen LogP contribution in [0, 0.1) is 0 Å². The lowest BCUT2D eigenvalue weighted by molar-refractivity contribution is -0.121. The lowest BCUT2D eigenvalue weighted by Gasteiger charge is -2.11. The van der Waals surface area contributed by atoms with Crippen molar-refractivity contribution >= 4 is 52.5 Å². The van der Waals surface area contributed by atoms with E-state index in [-0.39, 0.29) is 5.91 Å². The molecule has 0 N–H and O–H groups in total. The first-order valence-electron chi connectivity index (χ1n) is 5.14. The van der Waals surface area contributed by atoms with Crippen LogP contribution in [0.15, 0.2) is 23.9 Å². The van der Waals surface area contributed by atoms with Gasteiger partial charge in [-0.2, -0.15) is 0 Å². The topological polar surface area (TPSA) is 23.6 Å². The molecule has 2 rings (SSSR count). The summed E-state index contributed by atoms with van der Waals surface area (Å²) in [5.74, 6) is -0.145. The number of likely N-dealkylation sites (N-methyl/N-ethyl adjacent to an activating group) is 2. The van der Waals surface area contributed by atoms with E-state index in [1.54, 1.807) is 43.3 Å². The number of rotatable bonds is 1. The van der Waals surface area contributed by atoms with Crippen molar-refractivity contribution in [3.63, 3.8) is 0 Å². The Morgan fingerprint density at radius 1 is 1.22 bits per heavy atom. The van der Waals surface area contributed by atoms with Crippen molar-refractivity contribution in [3.8, 4) is 0 Å². The third kappa shape index (κ3) is 2.23. The standard InChI is InChI=1S/C12H10Cl2N2OS/c1-15-10(11(17)16(2)12(15)18)5-7-3-4-8(13)6-9(7)14/h3-6H,1-2H3. The Bertz CT molecular complexity index is 571. The van der Waals surface area contributed by atoms with Crippen molar-refractivity contribution in [2.24, 2.45) is 0 Å². The predicted molar refractivity (Wildman–Crippen MR) is 77.6 cm³/mol. The van der Waals surface area contributed by atoms with E-state index in [1.165, 1.54) is 4.90 Å². The van der Waals surface area contributed by atoms with Crippen LogP contribution in [-0.4, -0.2) is 34.9 Å². The molecule has 1 aromatic rings. The van der Waals surface area contributed by atoms with Gasteiger partial charge in [0.05, 0.1) is 0 Å². The van der Waals surface area contributed by atoms with Gasteiger partial charge in [-0.1, -0.05) is 29.3 Å². The Hall–Kier alpha value is -1.10. The molecule has 3 nitrogen and oxygen atoms in total. The lowest BCUT2D eigenvalue weighted by Crippen LogP contribution is -2.26. The van der Waals surface area contributed by atoms with Crippen molar-refractivity contribution in [3.05, 3.63) is 39.5 Å². The van der Waals surface area contributed by atoms with Gasteiger partial charge >= 0.3 is 0 Å². The van der Waals surface area contributed by atoms with Gasteiger partial charge in [-0.25, -0.2) is 0 Å². The summed E-state index contributed by atoms with van der Waals surface area (Å²) in [6.07, 6.45) is 1.71. The highest BCUT2D eigenvalue weighted by Gasteiger charge is 2.32. The van der Waals surface area contributed by atoms with Gasteiger partial charge in [-0.15, -0.1) is 0 Å². The first-order valence-corrected chi connectivity index (χ1v) is 6.30. The summed E-state index contributed by atoms with van der Waals surface area (Å²) in [5.41, 5.74) is 1.22. The fourth-order valence-electron chi connectivity index (χ4n) is 1.65. The number of halogens is 2. The van der Waals surface area contributed by atoms with Crippen LogP contribution in [0.2, 0.25) is 10.0 Å². The third-order valence-corrected chi connectivity index (χ3v) is 3.82. The molecule has 0 saturated carbocycles. The minimum Gasteiger partial charge on any atom is -0.317 e. The molecule has 1 aliphatic heterocycles. The molecule has 1 fully saturated rings. The maximum Gasteiger partial charge on any atom is 0.276 e. The van der Waals surface area contributed by atoms with Gasteiger partial charge in [0.2, 0.25) is 0 Å². The molecule has 0 radical (unpaired) electrons. The Kier molecular flexibility index (Phi) is 3.61. The lowest BCUT2D eigenvalue weighted by atomic mass is 10.2. The van der Waals surface area contributed by atoms with Gasteiger partial charge < -0.3 is 4.90 Å². The third-order valence-electron chi connectivity index (χ3n) is 2.71. The fourth-order valence-corrected chi connectivity index (χ4v) is 2.30. The molecule has 18 heavy (non-hydrogen) atoms. The smallest absolute Gasteiger partial charge is 0.276 e. The van der Waals surface area contributed by atoms with E-state index in [0.29, 0.717) is 20.9 Å². The zero-order chi connectivity index (χ0) is 13.4. The molecule has 1 amide bonds. The molecular formula is C12H10Cl2N2OS. The van der Waals surface area contributed by atoms with Gasteiger partial charge in [0.15, 0.2) is 5.11 Å². The quantitative estimate of drug-likeness (QED) is 0.588. The first-order chi connectivity index (χ1) is 8.41. The summed E-state index contributed by atoms with van der Waals surface area (Å²) in [6.45, 7) is 0. The zero-order valence-electron chi connectivity index (χ0n) is 9.78. The van der Waals surface area contributed by atoms with Crippen LogP contribution in [0.25, 0.3) is 6.08 Å². The van der Waals surface area contributed by atoms with Crippen LogP contribution >= 0.6 is 35.4 Å². The Morgan fingerprint density at radius 2 is 1.89 bits per heavy atom. The number of amides is 1. The van der Waals surface area contributed by atoms with Crippen LogP contribution in [0.4, 0.5) is 0 Å². The van der Waals surface area contributed by atoms with Crippen molar-refractivity contribution in [1.29, 1.82) is 0 Å². The zero-order valence-corrected chi connectivity index (χ0v) is 12.1. The number of carbonyl (C=O) groups excluding carboxylic acids is 1. The van der Waals surface area contributed by atoms with E-state index in [0.717, 1.165) is 5.56 Å². The largest absolute Gasteiger partial charge is 0.317 e. The van der Waals surface area contributed by atoms with E-state index in [2.05, 4.69) is 0 Å². The summed E-state index contributed by atoms with van der Waals surface area (Å²) >= 11 is 17.0. The number of thiocarbonyl (C=S) groups is 1. The van der Waals surface area contributed by atoms with Crippen LogP contribution in [0.1, 0.15) is 5.56 Å². The number of carbonyl (C=O) groups is 1. The summed E-state index contributed by atoms with van der Waals surface area (Å²) in [5, 5.41) is 1.52. The molecule has 0 aliphatic carbocycles. The van der Waals surface area contributed by atoms with Gasteiger partial charge in [0, 0.05) is 24.1 Å². The number of hydrogen-bond acceptors (Lipinski definition) is 2. The van der Waals surface area contributed by atoms with Gasteiger partial charge in [0.25, 0.3) is 5.91 Å². The molecular weight excluding hydrogens is 291 g/mol. The second kappa shape index (κ2) is 4.88. The maximum absolute atomic E-state index is 12.0. The Labute approximate surface area is 121 Å². The average Bonchev–Trinajstić information content (AvgIpc) is 2.50. The van der Waals surface area contributed by atoms with Crippen molar-refractivity contribution in [2.45, 2.75) is 0 Å². The second-order valence-corrected chi connectivity index (χ2v) is 5.11. The molecule has 1 heterocycles. The van der Waals surface area contributed by atoms with Gasteiger partial charge in [-0.3, -0.25) is 9.69 Å². The average molecular weight is 301 g/mol. The van der Waals surface area contributed by atoms with Crippen molar-refractivity contribution < 1.29 is 4.79 Å². The van der Waals surface area contributed by atoms with Crippen molar-refractivity contribution in [1.82, 2.24) is 9.80 Å².